The summed E-state index contributed by atoms with van der Waals surface area (Å²) in [5.74, 6) is 1.97. The number of benzene rings is 1. The third kappa shape index (κ3) is 4.02. The first-order valence-electron chi connectivity index (χ1n) is 9.15. The van der Waals surface area contributed by atoms with E-state index in [4.69, 9.17) is 9.26 Å². The lowest BCUT2D eigenvalue weighted by atomic mass is 9.78. The molecule has 1 aromatic carbocycles. The van der Waals surface area contributed by atoms with Crippen molar-refractivity contribution in [2.24, 2.45) is 5.41 Å². The summed E-state index contributed by atoms with van der Waals surface area (Å²) in [4.78, 5) is 6.74. The lowest BCUT2D eigenvalue weighted by Crippen LogP contribution is -2.38. The van der Waals surface area contributed by atoms with Gasteiger partial charge in [0.25, 0.3) is 0 Å². The monoisotopic (exact) mass is 342 g/mol. The van der Waals surface area contributed by atoms with Gasteiger partial charge in [0, 0.05) is 20.0 Å². The molecule has 0 aliphatic carbocycles. The molecule has 4 rings (SSSR count). The molecule has 1 aromatic heterocycles. The van der Waals surface area contributed by atoms with Crippen LogP contribution in [0.15, 0.2) is 28.8 Å². The van der Waals surface area contributed by atoms with Crippen LogP contribution in [0.1, 0.15) is 36.5 Å². The van der Waals surface area contributed by atoms with Gasteiger partial charge in [-0.25, -0.2) is 0 Å². The van der Waals surface area contributed by atoms with E-state index in [-0.39, 0.29) is 0 Å². The van der Waals surface area contributed by atoms with E-state index in [1.54, 1.807) is 6.92 Å². The van der Waals surface area contributed by atoms with E-state index in [1.807, 2.05) is 12.1 Å². The van der Waals surface area contributed by atoms with Gasteiger partial charge in [0.05, 0.1) is 0 Å². The molecule has 0 saturated carbocycles. The van der Waals surface area contributed by atoms with Crippen molar-refractivity contribution >= 4 is 0 Å². The fourth-order valence-electron chi connectivity index (χ4n) is 4.03. The molecule has 6 heteroatoms. The standard InChI is InChI=1S/C19H26N4O2/c1-15-21-18(22-25-15)13-24-17-4-2-16(3-5-17)12-23-11-8-19(14-23)6-9-20-10-7-19/h2-5,20H,6-14H2,1H3. The van der Waals surface area contributed by atoms with Crippen LogP contribution in [0.2, 0.25) is 0 Å². The van der Waals surface area contributed by atoms with E-state index >= 15 is 0 Å². The number of nitrogens with one attached hydrogen (secondary N) is 1. The molecule has 0 bridgehead atoms. The van der Waals surface area contributed by atoms with Gasteiger partial charge in [0.1, 0.15) is 5.75 Å². The molecule has 2 aromatic rings. The number of ether oxygens (including phenoxy) is 1. The Balaban J connectivity index is 1.29. The Bertz CT molecular complexity index is 692. The number of rotatable bonds is 5. The van der Waals surface area contributed by atoms with Gasteiger partial charge in [-0.3, -0.25) is 4.90 Å². The van der Waals surface area contributed by atoms with E-state index in [9.17, 15) is 0 Å². The van der Waals surface area contributed by atoms with Crippen LogP contribution in [0.5, 0.6) is 5.75 Å². The van der Waals surface area contributed by atoms with Crippen LogP contribution in [0.4, 0.5) is 0 Å². The molecule has 2 fully saturated rings. The summed E-state index contributed by atoms with van der Waals surface area (Å²) in [5, 5.41) is 7.32. The van der Waals surface area contributed by atoms with Crippen LogP contribution in [-0.4, -0.2) is 41.2 Å². The van der Waals surface area contributed by atoms with Gasteiger partial charge in [-0.1, -0.05) is 17.3 Å². The van der Waals surface area contributed by atoms with E-state index in [2.05, 4.69) is 32.5 Å². The summed E-state index contributed by atoms with van der Waals surface area (Å²) >= 11 is 0. The molecule has 0 radical (unpaired) electrons. The largest absolute Gasteiger partial charge is 0.485 e. The number of nitrogens with zero attached hydrogens (tertiary/aromatic N) is 3. The number of aromatic nitrogens is 2. The van der Waals surface area contributed by atoms with E-state index in [0.29, 0.717) is 23.7 Å². The molecule has 0 atom stereocenters. The molecule has 134 valence electrons. The molecule has 6 nitrogen and oxygen atoms in total. The topological polar surface area (TPSA) is 63.4 Å². The van der Waals surface area contributed by atoms with Crippen molar-refractivity contribution in [3.63, 3.8) is 0 Å². The Morgan fingerprint density at radius 3 is 2.72 bits per heavy atom. The molecule has 3 heterocycles. The average molecular weight is 342 g/mol. The van der Waals surface area contributed by atoms with Crippen molar-refractivity contribution in [1.29, 1.82) is 0 Å². The van der Waals surface area contributed by atoms with Crippen LogP contribution in [0.3, 0.4) is 0 Å². The van der Waals surface area contributed by atoms with Gasteiger partial charge in [0.15, 0.2) is 6.61 Å². The molecule has 1 spiro atoms. The van der Waals surface area contributed by atoms with Gasteiger partial charge in [0.2, 0.25) is 11.7 Å². The highest BCUT2D eigenvalue weighted by atomic mass is 16.5. The van der Waals surface area contributed by atoms with Gasteiger partial charge in [-0.05, 0) is 62.0 Å². The summed E-state index contributed by atoms with van der Waals surface area (Å²) in [6.07, 6.45) is 4.00. The number of likely N-dealkylation sites (tertiary alicyclic amines) is 1. The number of piperidine rings is 1. The molecule has 2 aliphatic rings. The van der Waals surface area contributed by atoms with Crippen molar-refractivity contribution in [3.05, 3.63) is 41.5 Å². The van der Waals surface area contributed by atoms with Gasteiger partial charge >= 0.3 is 0 Å². The predicted octanol–water partition coefficient (Wildman–Crippen LogP) is 2.53. The quantitative estimate of drug-likeness (QED) is 0.901. The summed E-state index contributed by atoms with van der Waals surface area (Å²) in [5.41, 5.74) is 1.91. The zero-order valence-electron chi connectivity index (χ0n) is 14.8. The van der Waals surface area contributed by atoms with Gasteiger partial charge < -0.3 is 14.6 Å². The predicted molar refractivity (Wildman–Crippen MR) is 94.2 cm³/mol. The van der Waals surface area contributed by atoms with Crippen molar-refractivity contribution in [1.82, 2.24) is 20.4 Å². The van der Waals surface area contributed by atoms with E-state index in [1.165, 1.54) is 51.0 Å². The second-order valence-corrected chi connectivity index (χ2v) is 7.37. The minimum absolute atomic E-state index is 0.333. The van der Waals surface area contributed by atoms with Gasteiger partial charge in [-0.2, -0.15) is 4.98 Å². The first-order valence-corrected chi connectivity index (χ1v) is 9.15. The Labute approximate surface area is 148 Å². The Morgan fingerprint density at radius 2 is 2.00 bits per heavy atom. The Hall–Kier alpha value is -1.92. The normalized spacial score (nSPS) is 20.2. The minimum Gasteiger partial charge on any atom is -0.485 e. The molecule has 0 amide bonds. The van der Waals surface area contributed by atoms with Crippen molar-refractivity contribution in [3.8, 4) is 5.75 Å². The Morgan fingerprint density at radius 1 is 1.20 bits per heavy atom. The lowest BCUT2D eigenvalue weighted by molar-refractivity contribution is 0.194. The summed E-state index contributed by atoms with van der Waals surface area (Å²) in [7, 11) is 0. The van der Waals surface area contributed by atoms with Crippen molar-refractivity contribution < 1.29 is 9.26 Å². The van der Waals surface area contributed by atoms with Crippen LogP contribution < -0.4 is 10.1 Å². The number of aryl methyl sites for hydroxylation is 1. The maximum atomic E-state index is 5.71. The molecular weight excluding hydrogens is 316 g/mol. The molecular formula is C19H26N4O2. The SMILES string of the molecule is Cc1nc(COc2ccc(CN3CCC4(CCNCC4)C3)cc2)no1. The Kier molecular flexibility index (Phi) is 4.72. The first-order chi connectivity index (χ1) is 12.2. The van der Waals surface area contributed by atoms with Crippen LogP contribution >= 0.6 is 0 Å². The highest BCUT2D eigenvalue weighted by Gasteiger charge is 2.38. The minimum atomic E-state index is 0.333. The third-order valence-electron chi connectivity index (χ3n) is 5.45. The zero-order chi connectivity index (χ0) is 17.1. The first kappa shape index (κ1) is 16.5. The molecule has 2 aliphatic heterocycles. The maximum Gasteiger partial charge on any atom is 0.223 e. The fraction of sp³-hybridized carbons (Fsp3) is 0.579. The lowest BCUT2D eigenvalue weighted by Gasteiger charge is -2.33. The highest BCUT2D eigenvalue weighted by molar-refractivity contribution is 5.27. The van der Waals surface area contributed by atoms with Crippen LogP contribution in [-0.2, 0) is 13.2 Å². The number of hydrogen-bond donors (Lipinski definition) is 1. The van der Waals surface area contributed by atoms with E-state index < -0.39 is 0 Å². The molecule has 1 N–H and O–H groups in total. The van der Waals surface area contributed by atoms with Gasteiger partial charge in [-0.15, -0.1) is 0 Å². The van der Waals surface area contributed by atoms with Crippen LogP contribution in [0, 0.1) is 12.3 Å². The van der Waals surface area contributed by atoms with Crippen molar-refractivity contribution in [2.75, 3.05) is 26.2 Å². The highest BCUT2D eigenvalue weighted by Crippen LogP contribution is 2.39. The van der Waals surface area contributed by atoms with E-state index in [0.717, 1.165) is 12.3 Å². The average Bonchev–Trinajstić information content (AvgIpc) is 3.22. The zero-order valence-corrected chi connectivity index (χ0v) is 14.8. The second kappa shape index (κ2) is 7.14. The third-order valence-corrected chi connectivity index (χ3v) is 5.45. The smallest absolute Gasteiger partial charge is 0.223 e. The maximum absolute atomic E-state index is 5.71. The fourth-order valence-corrected chi connectivity index (χ4v) is 4.03. The summed E-state index contributed by atoms with van der Waals surface area (Å²) in [6.45, 7) is 7.95. The summed E-state index contributed by atoms with van der Waals surface area (Å²) in [6, 6.07) is 8.37. The summed E-state index contributed by atoms with van der Waals surface area (Å²) < 4.78 is 10.7. The number of hydrogen-bond acceptors (Lipinski definition) is 6. The van der Waals surface area contributed by atoms with Crippen molar-refractivity contribution in [2.45, 2.75) is 39.3 Å². The second-order valence-electron chi connectivity index (χ2n) is 7.37. The molecule has 0 unspecified atom stereocenters. The molecule has 25 heavy (non-hydrogen) atoms. The molecule has 2 saturated heterocycles. The van der Waals surface area contributed by atoms with Crippen LogP contribution in [0.25, 0.3) is 0 Å².